The van der Waals surface area contributed by atoms with Crippen molar-refractivity contribution in [1.29, 1.82) is 0 Å². The van der Waals surface area contributed by atoms with Crippen molar-refractivity contribution in [2.75, 3.05) is 6.54 Å². The average molecular weight is 281 g/mol. The first-order valence-electron chi connectivity index (χ1n) is 7.44. The van der Waals surface area contributed by atoms with Gasteiger partial charge in [-0.2, -0.15) is 0 Å². The SMILES string of the molecule is CC(NCC1(O)CCCCCC1)c1ccc(O)cc1F. The van der Waals surface area contributed by atoms with Crippen molar-refractivity contribution >= 4 is 0 Å². The summed E-state index contributed by atoms with van der Waals surface area (Å²) in [5.74, 6) is -0.487. The summed E-state index contributed by atoms with van der Waals surface area (Å²) >= 11 is 0. The molecule has 1 aliphatic carbocycles. The van der Waals surface area contributed by atoms with Crippen molar-refractivity contribution in [2.24, 2.45) is 0 Å². The molecule has 3 N–H and O–H groups in total. The number of hydrogen-bond acceptors (Lipinski definition) is 3. The number of hydrogen-bond donors (Lipinski definition) is 3. The zero-order valence-corrected chi connectivity index (χ0v) is 12.0. The first-order valence-corrected chi connectivity index (χ1v) is 7.44. The Morgan fingerprint density at radius 3 is 2.50 bits per heavy atom. The highest BCUT2D eigenvalue weighted by atomic mass is 19.1. The second kappa shape index (κ2) is 6.55. The van der Waals surface area contributed by atoms with Gasteiger partial charge in [0, 0.05) is 24.2 Å². The molecule has 112 valence electrons. The third-order valence-electron chi connectivity index (χ3n) is 4.22. The normalized spacial score (nSPS) is 20.4. The molecular weight excluding hydrogens is 257 g/mol. The molecule has 1 fully saturated rings. The van der Waals surface area contributed by atoms with Gasteiger partial charge >= 0.3 is 0 Å². The summed E-state index contributed by atoms with van der Waals surface area (Å²) in [6.07, 6.45) is 6.10. The van der Waals surface area contributed by atoms with Gasteiger partial charge in [0.1, 0.15) is 11.6 Å². The zero-order valence-electron chi connectivity index (χ0n) is 12.0. The lowest BCUT2D eigenvalue weighted by molar-refractivity contribution is 0.0230. The molecule has 0 bridgehead atoms. The van der Waals surface area contributed by atoms with E-state index >= 15 is 0 Å². The summed E-state index contributed by atoms with van der Waals surface area (Å²) < 4.78 is 13.8. The smallest absolute Gasteiger partial charge is 0.131 e. The van der Waals surface area contributed by atoms with Gasteiger partial charge in [-0.05, 0) is 25.8 Å². The minimum atomic E-state index is -0.668. The third-order valence-corrected chi connectivity index (χ3v) is 4.22. The molecule has 3 nitrogen and oxygen atoms in total. The third kappa shape index (κ3) is 3.93. The summed E-state index contributed by atoms with van der Waals surface area (Å²) in [7, 11) is 0. The largest absolute Gasteiger partial charge is 0.508 e. The van der Waals surface area contributed by atoms with Crippen molar-refractivity contribution in [2.45, 2.75) is 57.1 Å². The van der Waals surface area contributed by atoms with E-state index in [1.165, 1.54) is 18.9 Å². The Morgan fingerprint density at radius 2 is 1.90 bits per heavy atom. The predicted molar refractivity (Wildman–Crippen MR) is 77.1 cm³/mol. The van der Waals surface area contributed by atoms with Crippen LogP contribution in [-0.4, -0.2) is 22.4 Å². The molecule has 0 saturated heterocycles. The molecule has 0 heterocycles. The first-order chi connectivity index (χ1) is 9.50. The van der Waals surface area contributed by atoms with E-state index in [1.807, 2.05) is 6.92 Å². The lowest BCUT2D eigenvalue weighted by atomic mass is 9.94. The standard InChI is InChI=1S/C16H24FNO2/c1-12(14-7-6-13(19)10-15(14)17)18-11-16(20)8-4-2-3-5-9-16/h6-7,10,12,18-20H,2-5,8-9,11H2,1H3. The number of aromatic hydroxyl groups is 1. The molecule has 0 radical (unpaired) electrons. The van der Waals surface area contributed by atoms with E-state index in [0.29, 0.717) is 12.1 Å². The van der Waals surface area contributed by atoms with Gasteiger partial charge in [-0.3, -0.25) is 0 Å². The Bertz CT molecular complexity index is 442. The number of nitrogens with one attached hydrogen (secondary N) is 1. The van der Waals surface area contributed by atoms with Crippen LogP contribution < -0.4 is 5.32 Å². The van der Waals surface area contributed by atoms with Crippen LogP contribution in [0.2, 0.25) is 0 Å². The number of phenolic OH excluding ortho intramolecular Hbond substituents is 1. The predicted octanol–water partition coefficient (Wildman–Crippen LogP) is 3.27. The molecule has 1 atom stereocenters. The highest BCUT2D eigenvalue weighted by Crippen LogP contribution is 2.27. The molecule has 0 aromatic heterocycles. The van der Waals surface area contributed by atoms with Crippen molar-refractivity contribution in [3.05, 3.63) is 29.6 Å². The average Bonchev–Trinajstić information content (AvgIpc) is 2.61. The van der Waals surface area contributed by atoms with Gasteiger partial charge in [-0.15, -0.1) is 0 Å². The second-order valence-corrected chi connectivity index (χ2v) is 5.95. The van der Waals surface area contributed by atoms with Crippen LogP contribution in [0.25, 0.3) is 0 Å². The Morgan fingerprint density at radius 1 is 1.25 bits per heavy atom. The Balaban J connectivity index is 1.95. The van der Waals surface area contributed by atoms with E-state index in [4.69, 9.17) is 0 Å². The van der Waals surface area contributed by atoms with Crippen LogP contribution in [0, 0.1) is 5.82 Å². The molecule has 1 aliphatic rings. The number of aliphatic hydroxyl groups is 1. The maximum absolute atomic E-state index is 13.8. The van der Waals surface area contributed by atoms with Crippen LogP contribution in [-0.2, 0) is 0 Å². The summed E-state index contributed by atoms with van der Waals surface area (Å²) in [6, 6.07) is 3.99. The summed E-state index contributed by atoms with van der Waals surface area (Å²) in [6.45, 7) is 2.35. The number of benzene rings is 1. The van der Waals surface area contributed by atoms with Gasteiger partial charge in [0.05, 0.1) is 5.60 Å². The van der Waals surface area contributed by atoms with Crippen LogP contribution in [0.1, 0.15) is 57.1 Å². The van der Waals surface area contributed by atoms with E-state index in [2.05, 4.69) is 5.32 Å². The second-order valence-electron chi connectivity index (χ2n) is 5.95. The van der Waals surface area contributed by atoms with Crippen molar-refractivity contribution in [3.8, 4) is 5.75 Å². The molecule has 1 aromatic rings. The molecule has 0 spiro atoms. The Labute approximate surface area is 119 Å². The van der Waals surface area contributed by atoms with E-state index in [-0.39, 0.29) is 11.8 Å². The molecule has 2 rings (SSSR count). The van der Waals surface area contributed by atoms with Crippen molar-refractivity contribution < 1.29 is 14.6 Å². The molecule has 4 heteroatoms. The molecule has 0 amide bonds. The summed E-state index contributed by atoms with van der Waals surface area (Å²) in [5, 5.41) is 23.0. The quantitative estimate of drug-likeness (QED) is 0.742. The van der Waals surface area contributed by atoms with Gasteiger partial charge in [0.15, 0.2) is 0 Å². The van der Waals surface area contributed by atoms with E-state index in [0.717, 1.165) is 31.7 Å². The fourth-order valence-electron chi connectivity index (χ4n) is 2.88. The molecule has 1 saturated carbocycles. The van der Waals surface area contributed by atoms with Gasteiger partial charge < -0.3 is 15.5 Å². The maximum atomic E-state index is 13.8. The lowest BCUT2D eigenvalue weighted by Crippen LogP contribution is -2.41. The Kier molecular flexibility index (Phi) is 5.00. The topological polar surface area (TPSA) is 52.5 Å². The molecule has 20 heavy (non-hydrogen) atoms. The molecular formula is C16H24FNO2. The zero-order chi connectivity index (χ0) is 14.6. The lowest BCUT2D eigenvalue weighted by Gasteiger charge is -2.29. The maximum Gasteiger partial charge on any atom is 0.131 e. The van der Waals surface area contributed by atoms with Crippen molar-refractivity contribution in [3.63, 3.8) is 0 Å². The number of halogens is 1. The monoisotopic (exact) mass is 281 g/mol. The Hall–Kier alpha value is -1.13. The minimum Gasteiger partial charge on any atom is -0.508 e. The molecule has 0 aliphatic heterocycles. The first kappa shape index (κ1) is 15.3. The highest BCUT2D eigenvalue weighted by Gasteiger charge is 2.28. The minimum absolute atomic E-state index is 0.0687. The van der Waals surface area contributed by atoms with Gasteiger partial charge in [-0.25, -0.2) is 4.39 Å². The van der Waals surface area contributed by atoms with Gasteiger partial charge in [-0.1, -0.05) is 31.7 Å². The van der Waals surface area contributed by atoms with Crippen LogP contribution in [0.15, 0.2) is 18.2 Å². The van der Waals surface area contributed by atoms with Crippen LogP contribution in [0.5, 0.6) is 5.75 Å². The van der Waals surface area contributed by atoms with E-state index in [1.54, 1.807) is 6.07 Å². The summed E-state index contributed by atoms with van der Waals surface area (Å²) in [4.78, 5) is 0. The van der Waals surface area contributed by atoms with Crippen molar-refractivity contribution in [1.82, 2.24) is 5.32 Å². The van der Waals surface area contributed by atoms with E-state index < -0.39 is 11.4 Å². The number of phenols is 1. The number of rotatable bonds is 4. The summed E-state index contributed by atoms with van der Waals surface area (Å²) in [5.41, 5.74) is -0.155. The van der Waals surface area contributed by atoms with Crippen LogP contribution in [0.4, 0.5) is 4.39 Å². The van der Waals surface area contributed by atoms with Gasteiger partial charge in [0.25, 0.3) is 0 Å². The molecule has 1 aromatic carbocycles. The fourth-order valence-corrected chi connectivity index (χ4v) is 2.88. The highest BCUT2D eigenvalue weighted by molar-refractivity contribution is 5.29. The van der Waals surface area contributed by atoms with Crippen LogP contribution in [0.3, 0.4) is 0 Å². The van der Waals surface area contributed by atoms with Gasteiger partial charge in [0.2, 0.25) is 0 Å². The fraction of sp³-hybridized carbons (Fsp3) is 0.625. The molecule has 1 unspecified atom stereocenters. The van der Waals surface area contributed by atoms with Crippen LogP contribution >= 0.6 is 0 Å². The van der Waals surface area contributed by atoms with E-state index in [9.17, 15) is 14.6 Å².